The first-order valence-corrected chi connectivity index (χ1v) is 8.56. The van der Waals surface area contributed by atoms with E-state index in [4.69, 9.17) is 13.6 Å². The highest BCUT2D eigenvalue weighted by atomic mass is 28.4. The molecule has 4 nitrogen and oxygen atoms in total. The Kier molecular flexibility index (Phi) is 6.48. The van der Waals surface area contributed by atoms with Gasteiger partial charge in [-0.15, -0.1) is 0 Å². The van der Waals surface area contributed by atoms with E-state index in [1.807, 2.05) is 43.8 Å². The molecule has 1 aromatic rings. The molecule has 0 aliphatic heterocycles. The number of ether oxygens (including phenoxy) is 1. The van der Waals surface area contributed by atoms with Gasteiger partial charge in [-0.2, -0.15) is 0 Å². The summed E-state index contributed by atoms with van der Waals surface area (Å²) in [6.45, 7) is 8.37. The van der Waals surface area contributed by atoms with E-state index in [-0.39, 0.29) is 6.61 Å². The summed E-state index contributed by atoms with van der Waals surface area (Å²) in [4.78, 5) is 10.9. The van der Waals surface area contributed by atoms with Gasteiger partial charge in [-0.05, 0) is 18.7 Å². The fourth-order valence-electron chi connectivity index (χ4n) is 1.66. The molecular formula is C14H20O4Si. The minimum Gasteiger partial charge on any atom is -0.460 e. The second kappa shape index (κ2) is 7.88. The maximum atomic E-state index is 10.9. The van der Waals surface area contributed by atoms with Crippen molar-refractivity contribution < 1.29 is 18.4 Å². The standard InChI is InChI=1S/C14H20O4Si/c1-4-14(15)16-11-12-18-19(3,17-5-2)13-9-7-6-8-10-13/h4,6-10H,1,5,11-12H2,2-3H3. The van der Waals surface area contributed by atoms with Gasteiger partial charge in [0.15, 0.2) is 0 Å². The molecule has 0 heterocycles. The molecule has 5 heteroatoms. The van der Waals surface area contributed by atoms with Gasteiger partial charge in [0, 0.05) is 12.7 Å². The van der Waals surface area contributed by atoms with Gasteiger partial charge in [-0.1, -0.05) is 36.9 Å². The van der Waals surface area contributed by atoms with E-state index < -0.39 is 14.5 Å². The minimum atomic E-state index is -2.42. The number of rotatable bonds is 8. The predicted molar refractivity (Wildman–Crippen MR) is 76.4 cm³/mol. The SMILES string of the molecule is C=CC(=O)OCCO[Si](C)(OCC)c1ccccc1. The quantitative estimate of drug-likeness (QED) is 0.315. The number of hydrogen-bond acceptors (Lipinski definition) is 4. The smallest absolute Gasteiger partial charge is 0.369 e. The van der Waals surface area contributed by atoms with E-state index in [1.165, 1.54) is 0 Å². The Morgan fingerprint density at radius 1 is 1.26 bits per heavy atom. The van der Waals surface area contributed by atoms with Crippen LogP contribution in [0, 0.1) is 0 Å². The summed E-state index contributed by atoms with van der Waals surface area (Å²) in [5, 5.41) is 1.06. The molecule has 0 bridgehead atoms. The lowest BCUT2D eigenvalue weighted by Crippen LogP contribution is -2.51. The molecule has 0 spiro atoms. The molecule has 0 aromatic heterocycles. The lowest BCUT2D eigenvalue weighted by molar-refractivity contribution is -0.138. The van der Waals surface area contributed by atoms with Crippen molar-refractivity contribution in [2.45, 2.75) is 13.5 Å². The minimum absolute atomic E-state index is 0.202. The second-order valence-electron chi connectivity index (χ2n) is 3.96. The first-order valence-electron chi connectivity index (χ1n) is 6.25. The van der Waals surface area contributed by atoms with Gasteiger partial charge >= 0.3 is 14.5 Å². The van der Waals surface area contributed by atoms with Crippen LogP contribution in [-0.4, -0.2) is 34.4 Å². The normalized spacial score (nSPS) is 13.6. The van der Waals surface area contributed by atoms with Crippen LogP contribution in [-0.2, 0) is 18.4 Å². The first-order chi connectivity index (χ1) is 9.12. The zero-order valence-corrected chi connectivity index (χ0v) is 12.4. The maximum Gasteiger partial charge on any atom is 0.369 e. The molecule has 19 heavy (non-hydrogen) atoms. The summed E-state index contributed by atoms with van der Waals surface area (Å²) >= 11 is 0. The van der Waals surface area contributed by atoms with Crippen LogP contribution in [0.4, 0.5) is 0 Å². The van der Waals surface area contributed by atoms with E-state index in [2.05, 4.69) is 6.58 Å². The summed E-state index contributed by atoms with van der Waals surface area (Å²) in [7, 11) is -2.42. The Morgan fingerprint density at radius 3 is 2.53 bits per heavy atom. The third kappa shape index (κ3) is 4.98. The molecule has 0 aliphatic carbocycles. The molecule has 0 aliphatic rings. The average molecular weight is 280 g/mol. The fourth-order valence-corrected chi connectivity index (χ4v) is 3.90. The third-order valence-corrected chi connectivity index (χ3v) is 5.57. The van der Waals surface area contributed by atoms with Gasteiger partial charge in [0.2, 0.25) is 0 Å². The highest BCUT2D eigenvalue weighted by Gasteiger charge is 2.33. The van der Waals surface area contributed by atoms with Gasteiger partial charge in [0.25, 0.3) is 0 Å². The third-order valence-electron chi connectivity index (χ3n) is 2.59. The van der Waals surface area contributed by atoms with Gasteiger partial charge < -0.3 is 13.6 Å². The zero-order chi connectivity index (χ0) is 14.1. The second-order valence-corrected chi connectivity index (χ2v) is 7.01. The van der Waals surface area contributed by atoms with Crippen LogP contribution in [0.1, 0.15) is 6.92 Å². The zero-order valence-electron chi connectivity index (χ0n) is 11.4. The molecule has 0 N–H and O–H groups in total. The monoisotopic (exact) mass is 280 g/mol. The molecule has 0 amide bonds. The van der Waals surface area contributed by atoms with E-state index in [9.17, 15) is 4.79 Å². The van der Waals surface area contributed by atoms with Crippen molar-refractivity contribution >= 4 is 19.7 Å². The molecule has 0 saturated heterocycles. The van der Waals surface area contributed by atoms with Gasteiger partial charge in [0.05, 0.1) is 6.61 Å². The van der Waals surface area contributed by atoms with Crippen molar-refractivity contribution in [2.75, 3.05) is 19.8 Å². The van der Waals surface area contributed by atoms with Gasteiger partial charge in [-0.3, -0.25) is 0 Å². The Hall–Kier alpha value is -1.43. The number of carbonyl (C=O) groups is 1. The largest absolute Gasteiger partial charge is 0.460 e. The van der Waals surface area contributed by atoms with E-state index in [1.54, 1.807) is 0 Å². The molecule has 1 aromatic carbocycles. The molecule has 1 unspecified atom stereocenters. The first kappa shape index (κ1) is 15.6. The van der Waals surface area contributed by atoms with Crippen LogP contribution in [0.3, 0.4) is 0 Å². The molecule has 0 fully saturated rings. The summed E-state index contributed by atoms with van der Waals surface area (Å²) in [5.41, 5.74) is 0. The van der Waals surface area contributed by atoms with Crippen LogP contribution in [0.2, 0.25) is 6.55 Å². The van der Waals surface area contributed by atoms with Crippen LogP contribution in [0.25, 0.3) is 0 Å². The van der Waals surface area contributed by atoms with Crippen molar-refractivity contribution in [2.24, 2.45) is 0 Å². The summed E-state index contributed by atoms with van der Waals surface area (Å²) in [6, 6.07) is 9.87. The number of carbonyl (C=O) groups excluding carboxylic acids is 1. The van der Waals surface area contributed by atoms with Crippen molar-refractivity contribution in [3.05, 3.63) is 43.0 Å². The fraction of sp³-hybridized carbons (Fsp3) is 0.357. The molecule has 104 valence electrons. The van der Waals surface area contributed by atoms with Gasteiger partial charge in [-0.25, -0.2) is 4.79 Å². The Labute approximate surface area is 115 Å². The average Bonchev–Trinajstić information content (AvgIpc) is 2.44. The van der Waals surface area contributed by atoms with Crippen molar-refractivity contribution in [3.8, 4) is 0 Å². The molecule has 0 radical (unpaired) electrons. The van der Waals surface area contributed by atoms with E-state index >= 15 is 0 Å². The van der Waals surface area contributed by atoms with Crippen LogP contribution in [0.5, 0.6) is 0 Å². The number of esters is 1. The van der Waals surface area contributed by atoms with Crippen LogP contribution >= 0.6 is 0 Å². The molecular weight excluding hydrogens is 260 g/mol. The molecule has 1 atom stereocenters. The summed E-state index contributed by atoms with van der Waals surface area (Å²) < 4.78 is 16.5. The van der Waals surface area contributed by atoms with Gasteiger partial charge in [0.1, 0.15) is 6.61 Å². The summed E-state index contributed by atoms with van der Waals surface area (Å²) in [6.07, 6.45) is 1.14. The molecule has 1 rings (SSSR count). The van der Waals surface area contributed by atoms with Crippen molar-refractivity contribution in [3.63, 3.8) is 0 Å². The number of benzene rings is 1. The topological polar surface area (TPSA) is 44.8 Å². The van der Waals surface area contributed by atoms with E-state index in [0.717, 1.165) is 11.3 Å². The van der Waals surface area contributed by atoms with Crippen molar-refractivity contribution in [1.82, 2.24) is 0 Å². The molecule has 0 saturated carbocycles. The summed E-state index contributed by atoms with van der Waals surface area (Å²) in [5.74, 6) is -0.442. The van der Waals surface area contributed by atoms with Crippen molar-refractivity contribution in [1.29, 1.82) is 0 Å². The maximum absolute atomic E-state index is 10.9. The lowest BCUT2D eigenvalue weighted by Gasteiger charge is -2.26. The Morgan fingerprint density at radius 2 is 1.95 bits per heavy atom. The Balaban J connectivity index is 2.57. The highest BCUT2D eigenvalue weighted by Crippen LogP contribution is 2.08. The predicted octanol–water partition coefficient (Wildman–Crippen LogP) is 1.75. The van der Waals surface area contributed by atoms with Crippen LogP contribution in [0.15, 0.2) is 43.0 Å². The highest BCUT2D eigenvalue weighted by molar-refractivity contribution is 6.79. The Bertz CT molecular complexity index is 407. The lowest BCUT2D eigenvalue weighted by atomic mass is 10.4. The number of hydrogen-bond donors (Lipinski definition) is 0. The van der Waals surface area contributed by atoms with Crippen LogP contribution < -0.4 is 5.19 Å². The van der Waals surface area contributed by atoms with E-state index in [0.29, 0.717) is 13.2 Å².